The summed E-state index contributed by atoms with van der Waals surface area (Å²) in [5.74, 6) is -10.8. The van der Waals surface area contributed by atoms with Crippen molar-refractivity contribution in [3.8, 4) is 5.75 Å². The molecule has 8 heteroatoms. The number of amides is 1. The highest BCUT2D eigenvalue weighted by Gasteiger charge is 2.32. The minimum atomic E-state index is -2.28. The maximum absolute atomic E-state index is 13.8. The van der Waals surface area contributed by atoms with Crippen molar-refractivity contribution in [3.05, 3.63) is 58.4 Å². The van der Waals surface area contributed by atoms with E-state index in [1.807, 2.05) is 37.4 Å². The SMILES string of the molecule is Cc1ccc(C)c(OCCCC(C)(C)C(=O)Nc2c(F)c(F)c(F)c(F)c2F)c1. The van der Waals surface area contributed by atoms with Crippen LogP contribution in [0.1, 0.15) is 37.8 Å². The molecule has 1 N–H and O–H groups in total. The van der Waals surface area contributed by atoms with Gasteiger partial charge in [0.05, 0.1) is 6.61 Å². The predicted octanol–water partition coefficient (Wildman–Crippen LogP) is 5.82. The topological polar surface area (TPSA) is 38.3 Å². The van der Waals surface area contributed by atoms with Gasteiger partial charge in [-0.15, -0.1) is 0 Å². The van der Waals surface area contributed by atoms with Crippen LogP contribution in [0.3, 0.4) is 0 Å². The van der Waals surface area contributed by atoms with Crippen molar-refractivity contribution in [3.63, 3.8) is 0 Å². The fraction of sp³-hybridized carbons (Fsp3) is 0.381. The molecule has 0 unspecified atom stereocenters. The number of carbonyl (C=O) groups is 1. The predicted molar refractivity (Wildman–Crippen MR) is 99.3 cm³/mol. The van der Waals surface area contributed by atoms with Crippen molar-refractivity contribution in [1.82, 2.24) is 0 Å². The summed E-state index contributed by atoms with van der Waals surface area (Å²) in [4.78, 5) is 12.4. The van der Waals surface area contributed by atoms with Gasteiger partial charge in [0.1, 0.15) is 11.4 Å². The second-order valence-electron chi connectivity index (χ2n) is 7.50. The highest BCUT2D eigenvalue weighted by molar-refractivity contribution is 5.95. The van der Waals surface area contributed by atoms with Gasteiger partial charge in [-0.2, -0.15) is 0 Å². The Kier molecular flexibility index (Phi) is 6.87. The molecule has 0 heterocycles. The first kappa shape index (κ1) is 22.6. The zero-order valence-corrected chi connectivity index (χ0v) is 16.6. The summed E-state index contributed by atoms with van der Waals surface area (Å²) >= 11 is 0. The van der Waals surface area contributed by atoms with Gasteiger partial charge in [-0.3, -0.25) is 4.79 Å². The van der Waals surface area contributed by atoms with Gasteiger partial charge in [-0.05, 0) is 43.9 Å². The Labute approximate surface area is 165 Å². The Morgan fingerprint density at radius 2 is 1.52 bits per heavy atom. The quantitative estimate of drug-likeness (QED) is 0.268. The summed E-state index contributed by atoms with van der Waals surface area (Å²) in [6, 6.07) is 5.76. The average Bonchev–Trinajstić information content (AvgIpc) is 2.67. The highest BCUT2D eigenvalue weighted by atomic mass is 19.2. The standard InChI is InChI=1S/C21H22F5NO2/c1-11-6-7-12(2)13(10-11)29-9-5-8-21(3,4)20(28)27-19-17(25)15(23)14(22)16(24)18(19)26/h6-7,10H,5,8-9H2,1-4H3,(H,27,28). The Morgan fingerprint density at radius 1 is 0.966 bits per heavy atom. The first-order valence-electron chi connectivity index (χ1n) is 8.98. The number of anilines is 1. The van der Waals surface area contributed by atoms with Gasteiger partial charge in [-0.1, -0.05) is 26.0 Å². The lowest BCUT2D eigenvalue weighted by molar-refractivity contribution is -0.124. The van der Waals surface area contributed by atoms with Crippen molar-refractivity contribution >= 4 is 11.6 Å². The van der Waals surface area contributed by atoms with Crippen molar-refractivity contribution in [2.24, 2.45) is 5.41 Å². The molecule has 0 bridgehead atoms. The molecule has 158 valence electrons. The van der Waals surface area contributed by atoms with E-state index in [9.17, 15) is 26.7 Å². The van der Waals surface area contributed by atoms with Crippen LogP contribution in [-0.2, 0) is 4.79 Å². The molecule has 1 amide bonds. The van der Waals surface area contributed by atoms with Crippen LogP contribution < -0.4 is 10.1 Å². The van der Waals surface area contributed by atoms with E-state index in [1.165, 1.54) is 13.8 Å². The van der Waals surface area contributed by atoms with E-state index >= 15 is 0 Å². The van der Waals surface area contributed by atoms with E-state index in [0.717, 1.165) is 11.1 Å². The normalized spacial score (nSPS) is 11.5. The number of ether oxygens (including phenoxy) is 1. The Hall–Kier alpha value is -2.64. The molecule has 0 saturated carbocycles. The summed E-state index contributed by atoms with van der Waals surface area (Å²) in [5, 5.41) is 1.83. The lowest BCUT2D eigenvalue weighted by Crippen LogP contribution is -2.32. The Morgan fingerprint density at radius 3 is 2.10 bits per heavy atom. The minimum Gasteiger partial charge on any atom is -0.493 e. The fourth-order valence-corrected chi connectivity index (χ4v) is 2.67. The number of carbonyl (C=O) groups excluding carboxylic acids is 1. The maximum atomic E-state index is 13.8. The summed E-state index contributed by atoms with van der Waals surface area (Å²) in [6.45, 7) is 7.14. The molecule has 2 aromatic rings. The smallest absolute Gasteiger partial charge is 0.230 e. The number of halogens is 5. The minimum absolute atomic E-state index is 0.263. The molecule has 0 radical (unpaired) electrons. The molecule has 29 heavy (non-hydrogen) atoms. The lowest BCUT2D eigenvalue weighted by Gasteiger charge is -2.24. The van der Waals surface area contributed by atoms with E-state index in [4.69, 9.17) is 4.74 Å². The van der Waals surface area contributed by atoms with Crippen LogP contribution >= 0.6 is 0 Å². The molecule has 0 atom stereocenters. The molecule has 0 aliphatic carbocycles. The van der Waals surface area contributed by atoms with Gasteiger partial charge in [-0.25, -0.2) is 22.0 Å². The van der Waals surface area contributed by atoms with Crippen LogP contribution in [0.25, 0.3) is 0 Å². The van der Waals surface area contributed by atoms with E-state index in [-0.39, 0.29) is 6.42 Å². The summed E-state index contributed by atoms with van der Waals surface area (Å²) in [6.07, 6.45) is 0.698. The molecule has 0 saturated heterocycles. The largest absolute Gasteiger partial charge is 0.493 e. The molecular weight excluding hydrogens is 393 g/mol. The first-order chi connectivity index (χ1) is 13.5. The number of aryl methyl sites for hydroxylation is 2. The number of hydrogen-bond acceptors (Lipinski definition) is 2. The third kappa shape index (κ3) is 5.05. The van der Waals surface area contributed by atoms with Crippen molar-refractivity contribution < 1.29 is 31.5 Å². The summed E-state index contributed by atoms with van der Waals surface area (Å²) in [5.41, 5.74) is -0.497. The van der Waals surface area contributed by atoms with Crippen LogP contribution in [0.5, 0.6) is 5.75 Å². The second kappa shape index (κ2) is 8.80. The molecule has 3 nitrogen and oxygen atoms in total. The second-order valence-corrected chi connectivity index (χ2v) is 7.50. The van der Waals surface area contributed by atoms with E-state index < -0.39 is 46.1 Å². The zero-order chi connectivity index (χ0) is 21.9. The van der Waals surface area contributed by atoms with E-state index in [0.29, 0.717) is 18.8 Å². The van der Waals surface area contributed by atoms with Gasteiger partial charge < -0.3 is 10.1 Å². The molecule has 0 aliphatic heterocycles. The molecule has 2 rings (SSSR count). The molecular formula is C21H22F5NO2. The third-order valence-corrected chi connectivity index (χ3v) is 4.61. The summed E-state index contributed by atoms with van der Waals surface area (Å²) < 4.78 is 72.9. The van der Waals surface area contributed by atoms with Crippen LogP contribution in [0.2, 0.25) is 0 Å². The van der Waals surface area contributed by atoms with Crippen LogP contribution in [0.4, 0.5) is 27.6 Å². The fourth-order valence-electron chi connectivity index (χ4n) is 2.67. The number of nitrogens with one attached hydrogen (secondary N) is 1. The molecule has 2 aromatic carbocycles. The molecule has 0 fully saturated rings. The van der Waals surface area contributed by atoms with Gasteiger partial charge in [0.25, 0.3) is 0 Å². The van der Waals surface area contributed by atoms with Gasteiger partial charge >= 0.3 is 0 Å². The Bertz CT molecular complexity index is 899. The van der Waals surface area contributed by atoms with Crippen LogP contribution in [-0.4, -0.2) is 12.5 Å². The zero-order valence-electron chi connectivity index (χ0n) is 16.6. The number of hydrogen-bond donors (Lipinski definition) is 1. The van der Waals surface area contributed by atoms with Crippen molar-refractivity contribution in [1.29, 1.82) is 0 Å². The van der Waals surface area contributed by atoms with Crippen LogP contribution in [0, 0.1) is 48.3 Å². The molecule has 0 aromatic heterocycles. The van der Waals surface area contributed by atoms with E-state index in [1.54, 1.807) is 0 Å². The molecule has 0 aliphatic rings. The molecule has 0 spiro atoms. The van der Waals surface area contributed by atoms with Gasteiger partial charge in [0.15, 0.2) is 23.3 Å². The third-order valence-electron chi connectivity index (χ3n) is 4.61. The highest BCUT2D eigenvalue weighted by Crippen LogP contribution is 2.30. The van der Waals surface area contributed by atoms with Crippen LogP contribution in [0.15, 0.2) is 18.2 Å². The van der Waals surface area contributed by atoms with Crippen molar-refractivity contribution in [2.45, 2.75) is 40.5 Å². The first-order valence-corrected chi connectivity index (χ1v) is 8.98. The average molecular weight is 415 g/mol. The van der Waals surface area contributed by atoms with Gasteiger partial charge in [0, 0.05) is 5.41 Å². The number of rotatable bonds is 7. The Balaban J connectivity index is 2.01. The van der Waals surface area contributed by atoms with E-state index in [2.05, 4.69) is 0 Å². The summed E-state index contributed by atoms with van der Waals surface area (Å²) in [7, 11) is 0. The number of benzene rings is 2. The maximum Gasteiger partial charge on any atom is 0.230 e. The van der Waals surface area contributed by atoms with Crippen molar-refractivity contribution in [2.75, 3.05) is 11.9 Å². The van der Waals surface area contributed by atoms with Gasteiger partial charge in [0.2, 0.25) is 11.7 Å². The monoisotopic (exact) mass is 415 g/mol. The lowest BCUT2D eigenvalue weighted by atomic mass is 9.86.